The standard InChI is InChI=1S/C17H26ClNO/c1-14(11-15-5-7-16(18)8-6-15)19-12-17(13-20)9-3-2-4-10-17/h5-8,14,19-20H,2-4,9-13H2,1H3. The fourth-order valence-corrected chi connectivity index (χ4v) is 3.26. The number of aliphatic hydroxyl groups excluding tert-OH is 1. The van der Waals surface area contributed by atoms with Crippen LogP contribution >= 0.6 is 11.6 Å². The molecule has 0 aromatic heterocycles. The van der Waals surface area contributed by atoms with Crippen molar-refractivity contribution in [3.05, 3.63) is 34.9 Å². The Labute approximate surface area is 127 Å². The molecule has 1 aromatic carbocycles. The van der Waals surface area contributed by atoms with Gasteiger partial charge in [0.15, 0.2) is 0 Å². The average molecular weight is 296 g/mol. The van der Waals surface area contributed by atoms with Gasteiger partial charge < -0.3 is 10.4 Å². The maximum absolute atomic E-state index is 9.72. The monoisotopic (exact) mass is 295 g/mol. The first-order valence-electron chi connectivity index (χ1n) is 7.72. The molecule has 1 unspecified atom stereocenters. The molecule has 112 valence electrons. The fraction of sp³-hybridized carbons (Fsp3) is 0.647. The lowest BCUT2D eigenvalue weighted by Crippen LogP contribution is -2.42. The van der Waals surface area contributed by atoms with Crippen LogP contribution in [0.5, 0.6) is 0 Å². The van der Waals surface area contributed by atoms with Crippen LogP contribution in [0, 0.1) is 5.41 Å². The van der Waals surface area contributed by atoms with Crippen LogP contribution in [0.2, 0.25) is 5.02 Å². The molecular weight excluding hydrogens is 270 g/mol. The summed E-state index contributed by atoms with van der Waals surface area (Å²) in [6, 6.07) is 8.48. The van der Waals surface area contributed by atoms with Crippen LogP contribution in [0.1, 0.15) is 44.6 Å². The van der Waals surface area contributed by atoms with E-state index in [9.17, 15) is 5.11 Å². The second-order valence-corrected chi connectivity index (χ2v) is 6.77. The van der Waals surface area contributed by atoms with Crippen molar-refractivity contribution in [2.75, 3.05) is 13.2 Å². The molecule has 2 rings (SSSR count). The van der Waals surface area contributed by atoms with E-state index < -0.39 is 0 Å². The summed E-state index contributed by atoms with van der Waals surface area (Å²) in [6.07, 6.45) is 7.15. The summed E-state index contributed by atoms with van der Waals surface area (Å²) in [5.74, 6) is 0. The third-order valence-electron chi connectivity index (χ3n) is 4.53. The summed E-state index contributed by atoms with van der Waals surface area (Å²) in [7, 11) is 0. The first-order chi connectivity index (χ1) is 9.63. The molecule has 1 aliphatic carbocycles. The highest BCUT2D eigenvalue weighted by molar-refractivity contribution is 6.30. The van der Waals surface area contributed by atoms with Crippen molar-refractivity contribution in [1.29, 1.82) is 0 Å². The van der Waals surface area contributed by atoms with E-state index in [-0.39, 0.29) is 5.41 Å². The number of aliphatic hydroxyl groups is 1. The summed E-state index contributed by atoms with van der Waals surface area (Å²) < 4.78 is 0. The molecule has 0 radical (unpaired) electrons. The number of halogens is 1. The van der Waals surface area contributed by atoms with E-state index in [1.165, 1.54) is 24.8 Å². The van der Waals surface area contributed by atoms with Crippen LogP contribution in [0.25, 0.3) is 0 Å². The van der Waals surface area contributed by atoms with Crippen molar-refractivity contribution in [2.45, 2.75) is 51.5 Å². The average Bonchev–Trinajstić information content (AvgIpc) is 2.49. The van der Waals surface area contributed by atoms with Gasteiger partial charge in [-0.1, -0.05) is 43.0 Å². The third kappa shape index (κ3) is 4.47. The molecule has 0 aliphatic heterocycles. The zero-order chi connectivity index (χ0) is 14.4. The predicted molar refractivity (Wildman–Crippen MR) is 85.2 cm³/mol. The Hall–Kier alpha value is -0.570. The molecule has 1 aliphatic rings. The number of hydrogen-bond acceptors (Lipinski definition) is 2. The molecule has 1 saturated carbocycles. The molecule has 20 heavy (non-hydrogen) atoms. The Kier molecular flexibility index (Phi) is 5.88. The summed E-state index contributed by atoms with van der Waals surface area (Å²) >= 11 is 5.90. The molecule has 1 fully saturated rings. The summed E-state index contributed by atoms with van der Waals surface area (Å²) in [4.78, 5) is 0. The van der Waals surface area contributed by atoms with Gasteiger partial charge in [0, 0.05) is 29.6 Å². The van der Waals surface area contributed by atoms with Crippen molar-refractivity contribution in [2.24, 2.45) is 5.41 Å². The van der Waals surface area contributed by atoms with Gasteiger partial charge in [0.2, 0.25) is 0 Å². The zero-order valence-electron chi connectivity index (χ0n) is 12.4. The van der Waals surface area contributed by atoms with Crippen molar-refractivity contribution in [1.82, 2.24) is 5.32 Å². The van der Waals surface area contributed by atoms with Gasteiger partial charge in [-0.3, -0.25) is 0 Å². The Bertz CT molecular complexity index is 398. The van der Waals surface area contributed by atoms with Crippen molar-refractivity contribution >= 4 is 11.6 Å². The van der Waals surface area contributed by atoms with E-state index in [4.69, 9.17) is 11.6 Å². The van der Waals surface area contributed by atoms with Gasteiger partial charge in [0.05, 0.1) is 0 Å². The van der Waals surface area contributed by atoms with Gasteiger partial charge in [-0.05, 0) is 43.9 Å². The highest BCUT2D eigenvalue weighted by atomic mass is 35.5. The highest BCUT2D eigenvalue weighted by Crippen LogP contribution is 2.35. The minimum Gasteiger partial charge on any atom is -0.396 e. The lowest BCUT2D eigenvalue weighted by Gasteiger charge is -2.36. The Morgan fingerprint density at radius 3 is 2.45 bits per heavy atom. The van der Waals surface area contributed by atoms with Gasteiger partial charge in [-0.25, -0.2) is 0 Å². The highest BCUT2D eigenvalue weighted by Gasteiger charge is 2.31. The summed E-state index contributed by atoms with van der Waals surface area (Å²) in [6.45, 7) is 3.45. The molecule has 0 bridgehead atoms. The van der Waals surface area contributed by atoms with Crippen LogP contribution in [-0.4, -0.2) is 24.3 Å². The van der Waals surface area contributed by atoms with Crippen molar-refractivity contribution in [3.63, 3.8) is 0 Å². The summed E-state index contributed by atoms with van der Waals surface area (Å²) in [5.41, 5.74) is 1.42. The molecule has 0 spiro atoms. The maximum atomic E-state index is 9.72. The van der Waals surface area contributed by atoms with Crippen LogP contribution in [0.3, 0.4) is 0 Å². The van der Waals surface area contributed by atoms with Gasteiger partial charge >= 0.3 is 0 Å². The summed E-state index contributed by atoms with van der Waals surface area (Å²) in [5, 5.41) is 14.1. The SMILES string of the molecule is CC(Cc1ccc(Cl)cc1)NCC1(CO)CCCCC1. The quantitative estimate of drug-likeness (QED) is 0.836. The lowest BCUT2D eigenvalue weighted by molar-refractivity contribution is 0.0789. The largest absolute Gasteiger partial charge is 0.396 e. The minimum atomic E-state index is 0.118. The van der Waals surface area contributed by atoms with E-state index in [1.807, 2.05) is 12.1 Å². The van der Waals surface area contributed by atoms with Crippen LogP contribution in [-0.2, 0) is 6.42 Å². The Balaban J connectivity index is 1.81. The second kappa shape index (κ2) is 7.44. The van der Waals surface area contributed by atoms with Crippen molar-refractivity contribution in [3.8, 4) is 0 Å². The molecule has 0 saturated heterocycles. The topological polar surface area (TPSA) is 32.3 Å². The van der Waals surface area contributed by atoms with E-state index >= 15 is 0 Å². The first kappa shape index (κ1) is 15.8. The molecule has 0 amide bonds. The molecule has 2 nitrogen and oxygen atoms in total. The molecule has 0 heterocycles. The molecule has 1 aromatic rings. The van der Waals surface area contributed by atoms with Gasteiger partial charge in [0.1, 0.15) is 0 Å². The number of rotatable bonds is 6. The normalized spacial score (nSPS) is 19.8. The minimum absolute atomic E-state index is 0.118. The smallest absolute Gasteiger partial charge is 0.0499 e. The van der Waals surface area contributed by atoms with Crippen LogP contribution < -0.4 is 5.32 Å². The van der Waals surface area contributed by atoms with Crippen molar-refractivity contribution < 1.29 is 5.11 Å². The first-order valence-corrected chi connectivity index (χ1v) is 8.10. The number of hydrogen-bond donors (Lipinski definition) is 2. The van der Waals surface area contributed by atoms with Gasteiger partial charge in [0.25, 0.3) is 0 Å². The van der Waals surface area contributed by atoms with Gasteiger partial charge in [-0.2, -0.15) is 0 Å². The van der Waals surface area contributed by atoms with E-state index in [1.54, 1.807) is 0 Å². The number of nitrogens with one attached hydrogen (secondary N) is 1. The third-order valence-corrected chi connectivity index (χ3v) is 4.78. The fourth-order valence-electron chi connectivity index (χ4n) is 3.13. The number of benzene rings is 1. The van der Waals surface area contributed by atoms with Crippen LogP contribution in [0.15, 0.2) is 24.3 Å². The molecule has 1 atom stereocenters. The second-order valence-electron chi connectivity index (χ2n) is 6.33. The zero-order valence-corrected chi connectivity index (χ0v) is 13.1. The van der Waals surface area contributed by atoms with Crippen LogP contribution in [0.4, 0.5) is 0 Å². The van der Waals surface area contributed by atoms with E-state index in [0.29, 0.717) is 12.6 Å². The Morgan fingerprint density at radius 1 is 1.20 bits per heavy atom. The Morgan fingerprint density at radius 2 is 1.85 bits per heavy atom. The predicted octanol–water partition coefficient (Wildman–Crippen LogP) is 3.80. The molecule has 3 heteroatoms. The maximum Gasteiger partial charge on any atom is 0.0499 e. The van der Waals surface area contributed by atoms with Gasteiger partial charge in [-0.15, -0.1) is 0 Å². The van der Waals surface area contributed by atoms with E-state index in [0.717, 1.165) is 30.8 Å². The van der Waals surface area contributed by atoms with E-state index in [2.05, 4.69) is 24.4 Å². The lowest BCUT2D eigenvalue weighted by atomic mass is 9.74. The molecule has 2 N–H and O–H groups in total. The molecular formula is C17H26ClNO.